The van der Waals surface area contributed by atoms with Gasteiger partial charge in [0.15, 0.2) is 0 Å². The lowest BCUT2D eigenvalue weighted by molar-refractivity contribution is -0.120. The van der Waals surface area contributed by atoms with Crippen LogP contribution in [0.2, 0.25) is 0 Å². The summed E-state index contributed by atoms with van der Waals surface area (Å²) < 4.78 is 5.41. The fourth-order valence-corrected chi connectivity index (χ4v) is 3.83. The van der Waals surface area contributed by atoms with E-state index in [4.69, 9.17) is 16.3 Å². The van der Waals surface area contributed by atoms with E-state index in [9.17, 15) is 14.4 Å². The van der Waals surface area contributed by atoms with E-state index in [-0.39, 0.29) is 16.6 Å². The summed E-state index contributed by atoms with van der Waals surface area (Å²) in [6.07, 6.45) is 0.844. The van der Waals surface area contributed by atoms with Gasteiger partial charge >= 0.3 is 0 Å². The predicted molar refractivity (Wildman–Crippen MR) is 137 cm³/mol. The molecule has 0 saturated heterocycles. The van der Waals surface area contributed by atoms with Crippen LogP contribution in [0.15, 0.2) is 83.5 Å². The van der Waals surface area contributed by atoms with Crippen molar-refractivity contribution in [1.29, 1.82) is 0 Å². The van der Waals surface area contributed by atoms with Crippen LogP contribution in [-0.4, -0.2) is 24.3 Å². The highest BCUT2D eigenvalue weighted by Gasteiger charge is 2.39. The number of hydrogen-bond donors (Lipinski definition) is 2. The summed E-state index contributed by atoms with van der Waals surface area (Å²) in [5, 5.41) is 5.52. The zero-order valence-electron chi connectivity index (χ0n) is 19.3. The van der Waals surface area contributed by atoms with Gasteiger partial charge in [0.2, 0.25) is 0 Å². The number of anilines is 3. The first-order chi connectivity index (χ1) is 16.9. The van der Waals surface area contributed by atoms with Crippen LogP contribution in [0.25, 0.3) is 0 Å². The molecule has 1 aliphatic heterocycles. The van der Waals surface area contributed by atoms with Crippen molar-refractivity contribution in [3.63, 3.8) is 0 Å². The first-order valence-electron chi connectivity index (χ1n) is 11.2. The van der Waals surface area contributed by atoms with Gasteiger partial charge in [-0.2, -0.15) is 0 Å². The van der Waals surface area contributed by atoms with Crippen molar-refractivity contribution in [1.82, 2.24) is 0 Å². The molecule has 35 heavy (non-hydrogen) atoms. The SMILES string of the molecule is CCOc1ccc(NC(=O)c2cccc(NC3=C(Cl)C(=O)N(c4ccc(CC)cc4)C3=O)c2)cc1. The van der Waals surface area contributed by atoms with Gasteiger partial charge in [-0.1, -0.05) is 36.7 Å². The number of carbonyl (C=O) groups excluding carboxylic acids is 3. The van der Waals surface area contributed by atoms with Crippen LogP contribution in [0, 0.1) is 0 Å². The van der Waals surface area contributed by atoms with Crippen LogP contribution in [0.1, 0.15) is 29.8 Å². The second-order valence-electron chi connectivity index (χ2n) is 7.77. The van der Waals surface area contributed by atoms with Crippen molar-refractivity contribution < 1.29 is 19.1 Å². The second kappa shape index (κ2) is 10.4. The first kappa shape index (κ1) is 24.0. The second-order valence-corrected chi connectivity index (χ2v) is 8.15. The van der Waals surface area contributed by atoms with E-state index in [0.29, 0.717) is 35.0 Å². The van der Waals surface area contributed by atoms with Crippen LogP contribution in [0.3, 0.4) is 0 Å². The van der Waals surface area contributed by atoms with Gasteiger partial charge in [0.05, 0.1) is 12.3 Å². The van der Waals surface area contributed by atoms with Gasteiger partial charge in [0, 0.05) is 16.9 Å². The molecular weight excluding hydrogens is 466 g/mol. The maximum absolute atomic E-state index is 13.0. The Labute approximate surface area is 208 Å². The quantitative estimate of drug-likeness (QED) is 0.417. The molecular formula is C27H24ClN3O4. The molecule has 3 amide bonds. The number of hydrogen-bond acceptors (Lipinski definition) is 5. The Bertz CT molecular complexity index is 1300. The molecule has 1 aliphatic rings. The molecule has 8 heteroatoms. The Morgan fingerprint density at radius 1 is 0.914 bits per heavy atom. The molecule has 0 unspecified atom stereocenters. The van der Waals surface area contributed by atoms with Crippen LogP contribution < -0.4 is 20.3 Å². The molecule has 178 valence electrons. The molecule has 3 aromatic rings. The lowest BCUT2D eigenvalue weighted by Gasteiger charge is -2.15. The van der Waals surface area contributed by atoms with E-state index in [1.807, 2.05) is 26.0 Å². The largest absolute Gasteiger partial charge is 0.494 e. The number of aryl methyl sites for hydroxylation is 1. The predicted octanol–water partition coefficient (Wildman–Crippen LogP) is 5.34. The zero-order valence-corrected chi connectivity index (χ0v) is 20.1. The molecule has 0 atom stereocenters. The van der Waals surface area contributed by atoms with E-state index in [2.05, 4.69) is 10.6 Å². The molecule has 0 spiro atoms. The number of halogens is 1. The van der Waals surface area contributed by atoms with Crippen molar-refractivity contribution in [2.45, 2.75) is 20.3 Å². The highest BCUT2D eigenvalue weighted by Crippen LogP contribution is 2.30. The highest BCUT2D eigenvalue weighted by molar-refractivity contribution is 6.53. The Hall–Kier alpha value is -4.10. The van der Waals surface area contributed by atoms with Crippen molar-refractivity contribution in [3.05, 3.63) is 94.7 Å². The molecule has 2 N–H and O–H groups in total. The minimum Gasteiger partial charge on any atom is -0.494 e. The summed E-state index contributed by atoms with van der Waals surface area (Å²) >= 11 is 6.24. The van der Waals surface area contributed by atoms with Crippen LogP contribution in [0.4, 0.5) is 17.1 Å². The lowest BCUT2D eigenvalue weighted by atomic mass is 10.1. The Balaban J connectivity index is 1.48. The summed E-state index contributed by atoms with van der Waals surface area (Å²) in [5.74, 6) is -0.779. The van der Waals surface area contributed by atoms with Gasteiger partial charge in [0.1, 0.15) is 16.5 Å². The summed E-state index contributed by atoms with van der Waals surface area (Å²) in [6.45, 7) is 4.48. The van der Waals surface area contributed by atoms with Crippen molar-refractivity contribution >= 4 is 46.4 Å². The Morgan fingerprint density at radius 3 is 2.29 bits per heavy atom. The molecule has 3 aromatic carbocycles. The molecule has 4 rings (SSSR count). The molecule has 0 radical (unpaired) electrons. The summed E-state index contributed by atoms with van der Waals surface area (Å²) in [6, 6.07) is 20.8. The van der Waals surface area contributed by atoms with E-state index < -0.39 is 11.8 Å². The number of benzene rings is 3. The number of rotatable bonds is 8. The smallest absolute Gasteiger partial charge is 0.283 e. The third-order valence-electron chi connectivity index (χ3n) is 5.45. The number of carbonyl (C=O) groups is 3. The lowest BCUT2D eigenvalue weighted by Crippen LogP contribution is -2.32. The highest BCUT2D eigenvalue weighted by atomic mass is 35.5. The molecule has 0 fully saturated rings. The number of imide groups is 1. The van der Waals surface area contributed by atoms with Gasteiger partial charge in [-0.3, -0.25) is 14.4 Å². The van der Waals surface area contributed by atoms with Crippen molar-refractivity contribution in [2.75, 3.05) is 22.1 Å². The first-order valence-corrected chi connectivity index (χ1v) is 11.6. The van der Waals surface area contributed by atoms with E-state index in [1.165, 1.54) is 0 Å². The monoisotopic (exact) mass is 489 g/mol. The maximum atomic E-state index is 13.0. The molecule has 7 nitrogen and oxygen atoms in total. The van der Waals surface area contributed by atoms with Gasteiger partial charge in [0.25, 0.3) is 17.7 Å². The molecule has 0 aliphatic carbocycles. The Kier molecular flexibility index (Phi) is 7.17. The van der Waals surface area contributed by atoms with Crippen LogP contribution in [0.5, 0.6) is 5.75 Å². The minimum absolute atomic E-state index is 0.0414. The van der Waals surface area contributed by atoms with Crippen molar-refractivity contribution in [2.24, 2.45) is 0 Å². The standard InChI is InChI=1S/C27H24ClN3O4/c1-3-17-8-12-21(13-9-17)31-26(33)23(28)24(27(31)34)29-20-7-5-6-18(16-20)25(32)30-19-10-14-22(15-11-19)35-4-2/h5-16,29H,3-4H2,1-2H3,(H,30,32). The third kappa shape index (κ3) is 5.20. The summed E-state index contributed by atoms with van der Waals surface area (Å²) in [5.41, 5.74) is 2.91. The summed E-state index contributed by atoms with van der Waals surface area (Å²) in [4.78, 5) is 39.5. The van der Waals surface area contributed by atoms with Gasteiger partial charge in [-0.15, -0.1) is 0 Å². The summed E-state index contributed by atoms with van der Waals surface area (Å²) in [7, 11) is 0. The van der Waals surface area contributed by atoms with Gasteiger partial charge < -0.3 is 15.4 Å². The average molecular weight is 490 g/mol. The zero-order chi connectivity index (χ0) is 24.9. The van der Waals surface area contributed by atoms with Crippen LogP contribution in [-0.2, 0) is 16.0 Å². The minimum atomic E-state index is -0.604. The van der Waals surface area contributed by atoms with Crippen LogP contribution >= 0.6 is 11.6 Å². The fraction of sp³-hybridized carbons (Fsp3) is 0.148. The van der Waals surface area contributed by atoms with Crippen molar-refractivity contribution in [3.8, 4) is 5.75 Å². The topological polar surface area (TPSA) is 87.7 Å². The van der Waals surface area contributed by atoms with E-state index in [0.717, 1.165) is 16.9 Å². The van der Waals surface area contributed by atoms with Gasteiger partial charge in [-0.25, -0.2) is 4.90 Å². The normalized spacial score (nSPS) is 13.3. The fourth-order valence-electron chi connectivity index (χ4n) is 3.61. The number of nitrogens with zero attached hydrogens (tertiary/aromatic N) is 1. The third-order valence-corrected chi connectivity index (χ3v) is 5.80. The average Bonchev–Trinajstić information content (AvgIpc) is 3.08. The number of nitrogens with one attached hydrogen (secondary N) is 2. The Morgan fingerprint density at radius 2 is 1.63 bits per heavy atom. The number of amides is 3. The molecule has 1 heterocycles. The molecule has 0 saturated carbocycles. The maximum Gasteiger partial charge on any atom is 0.283 e. The van der Waals surface area contributed by atoms with Gasteiger partial charge in [-0.05, 0) is 73.5 Å². The number of ether oxygens (including phenoxy) is 1. The van der Waals surface area contributed by atoms with E-state index in [1.54, 1.807) is 60.7 Å². The molecule has 0 bridgehead atoms. The van der Waals surface area contributed by atoms with E-state index >= 15 is 0 Å². The molecule has 0 aromatic heterocycles.